The van der Waals surface area contributed by atoms with Crippen LogP contribution in [0.4, 0.5) is 4.79 Å². The lowest BCUT2D eigenvalue weighted by molar-refractivity contribution is 0.171. The molecule has 0 fully saturated rings. The fraction of sp³-hybridized carbons (Fsp3) is 0.714. The molecule has 0 spiro atoms. The molecule has 1 rings (SSSR count). The molecule has 0 aliphatic rings. The third-order valence-electron chi connectivity index (χ3n) is 2.52. The molecule has 6 heteroatoms. The SMILES string of the molecule is CCC.CCn1nccc1C(C)NCCNC(=O)OC. The molecule has 116 valence electrons. The van der Waals surface area contributed by atoms with Gasteiger partial charge < -0.3 is 15.4 Å². The molecule has 1 amide bonds. The van der Waals surface area contributed by atoms with Gasteiger partial charge in [0.15, 0.2) is 0 Å². The van der Waals surface area contributed by atoms with E-state index in [4.69, 9.17) is 0 Å². The Bertz CT molecular complexity index is 366. The quantitative estimate of drug-likeness (QED) is 0.787. The van der Waals surface area contributed by atoms with Crippen molar-refractivity contribution in [2.45, 2.75) is 46.7 Å². The van der Waals surface area contributed by atoms with E-state index in [9.17, 15) is 4.79 Å². The summed E-state index contributed by atoms with van der Waals surface area (Å²) in [6, 6.07) is 2.20. The molecule has 0 aliphatic carbocycles. The van der Waals surface area contributed by atoms with Crippen LogP contribution in [0.5, 0.6) is 0 Å². The van der Waals surface area contributed by atoms with Crippen molar-refractivity contribution in [3.8, 4) is 0 Å². The summed E-state index contributed by atoms with van der Waals surface area (Å²) in [5.74, 6) is 0. The molecule has 0 aliphatic heterocycles. The molecule has 0 aromatic carbocycles. The molecule has 20 heavy (non-hydrogen) atoms. The Hall–Kier alpha value is -1.56. The molecule has 1 aromatic rings. The molecule has 1 aromatic heterocycles. The summed E-state index contributed by atoms with van der Waals surface area (Å²) < 4.78 is 6.42. The first-order valence-corrected chi connectivity index (χ1v) is 7.17. The van der Waals surface area contributed by atoms with Crippen molar-refractivity contribution >= 4 is 6.09 Å². The number of hydrogen-bond donors (Lipinski definition) is 2. The Morgan fingerprint density at radius 2 is 2.05 bits per heavy atom. The van der Waals surface area contributed by atoms with E-state index in [2.05, 4.69) is 48.2 Å². The molecule has 0 bridgehead atoms. The Morgan fingerprint density at radius 1 is 1.40 bits per heavy atom. The van der Waals surface area contributed by atoms with E-state index in [1.807, 2.05) is 10.7 Å². The lowest BCUT2D eigenvalue weighted by Gasteiger charge is -2.15. The third kappa shape index (κ3) is 7.13. The van der Waals surface area contributed by atoms with Gasteiger partial charge in [-0.15, -0.1) is 0 Å². The second kappa shape index (κ2) is 11.3. The number of carbonyl (C=O) groups is 1. The van der Waals surface area contributed by atoms with Crippen LogP contribution < -0.4 is 10.6 Å². The highest BCUT2D eigenvalue weighted by atomic mass is 16.5. The summed E-state index contributed by atoms with van der Waals surface area (Å²) in [7, 11) is 1.35. The summed E-state index contributed by atoms with van der Waals surface area (Å²) >= 11 is 0. The highest BCUT2D eigenvalue weighted by Gasteiger charge is 2.09. The zero-order valence-electron chi connectivity index (χ0n) is 13.3. The molecular formula is C14H28N4O2. The molecule has 1 atom stereocenters. The average molecular weight is 284 g/mol. The van der Waals surface area contributed by atoms with Gasteiger partial charge >= 0.3 is 6.09 Å². The van der Waals surface area contributed by atoms with Gasteiger partial charge in [0.2, 0.25) is 0 Å². The first-order valence-electron chi connectivity index (χ1n) is 7.17. The number of nitrogens with zero attached hydrogens (tertiary/aromatic N) is 2. The van der Waals surface area contributed by atoms with E-state index in [1.165, 1.54) is 13.5 Å². The molecular weight excluding hydrogens is 256 g/mol. The van der Waals surface area contributed by atoms with Gasteiger partial charge in [0, 0.05) is 31.9 Å². The average Bonchev–Trinajstić information content (AvgIpc) is 2.92. The van der Waals surface area contributed by atoms with E-state index in [0.717, 1.165) is 12.2 Å². The van der Waals surface area contributed by atoms with E-state index in [-0.39, 0.29) is 6.04 Å². The van der Waals surface area contributed by atoms with Crippen LogP contribution >= 0.6 is 0 Å². The number of methoxy groups -OCH3 is 1. The fourth-order valence-corrected chi connectivity index (χ4v) is 1.60. The van der Waals surface area contributed by atoms with Gasteiger partial charge in [-0.05, 0) is 19.9 Å². The fourth-order valence-electron chi connectivity index (χ4n) is 1.60. The molecule has 6 nitrogen and oxygen atoms in total. The van der Waals surface area contributed by atoms with Crippen LogP contribution in [0.1, 0.15) is 45.9 Å². The minimum atomic E-state index is -0.405. The van der Waals surface area contributed by atoms with Crippen LogP contribution in [0.2, 0.25) is 0 Å². The minimum Gasteiger partial charge on any atom is -0.453 e. The molecule has 0 radical (unpaired) electrons. The number of aryl methyl sites for hydroxylation is 1. The maximum absolute atomic E-state index is 10.8. The molecule has 0 saturated heterocycles. The molecule has 2 N–H and O–H groups in total. The zero-order valence-corrected chi connectivity index (χ0v) is 13.3. The van der Waals surface area contributed by atoms with Crippen LogP contribution in [0, 0.1) is 0 Å². The first-order chi connectivity index (χ1) is 9.60. The smallest absolute Gasteiger partial charge is 0.406 e. The number of carbonyl (C=O) groups excluding carboxylic acids is 1. The largest absolute Gasteiger partial charge is 0.453 e. The number of rotatable bonds is 6. The summed E-state index contributed by atoms with van der Waals surface area (Å²) in [6.07, 6.45) is 2.64. The predicted molar refractivity (Wildman–Crippen MR) is 80.7 cm³/mol. The van der Waals surface area contributed by atoms with Crippen LogP contribution in [-0.4, -0.2) is 36.1 Å². The highest BCUT2D eigenvalue weighted by Crippen LogP contribution is 2.10. The Balaban J connectivity index is 0.00000110. The van der Waals surface area contributed by atoms with E-state index in [1.54, 1.807) is 6.20 Å². The lowest BCUT2D eigenvalue weighted by atomic mass is 10.2. The second-order valence-electron chi connectivity index (χ2n) is 4.37. The summed E-state index contributed by atoms with van der Waals surface area (Å²) in [5, 5.41) is 10.1. The Labute approximate surface area is 121 Å². The van der Waals surface area contributed by atoms with Crippen molar-refractivity contribution in [1.82, 2.24) is 20.4 Å². The van der Waals surface area contributed by atoms with Gasteiger partial charge in [0.25, 0.3) is 0 Å². The molecule has 1 unspecified atom stereocenters. The van der Waals surface area contributed by atoms with Gasteiger partial charge in [0.1, 0.15) is 0 Å². The van der Waals surface area contributed by atoms with Gasteiger partial charge in [-0.3, -0.25) is 4.68 Å². The van der Waals surface area contributed by atoms with Crippen molar-refractivity contribution in [1.29, 1.82) is 0 Å². The van der Waals surface area contributed by atoms with Crippen molar-refractivity contribution in [3.05, 3.63) is 18.0 Å². The summed E-state index contributed by atoms with van der Waals surface area (Å²) in [5.41, 5.74) is 1.14. The third-order valence-corrected chi connectivity index (χ3v) is 2.52. The van der Waals surface area contributed by atoms with Crippen molar-refractivity contribution in [2.75, 3.05) is 20.2 Å². The van der Waals surface area contributed by atoms with Crippen LogP contribution in [0.25, 0.3) is 0 Å². The second-order valence-corrected chi connectivity index (χ2v) is 4.37. The van der Waals surface area contributed by atoms with Crippen LogP contribution in [0.3, 0.4) is 0 Å². The maximum atomic E-state index is 10.8. The predicted octanol–water partition coefficient (Wildman–Crippen LogP) is 2.33. The maximum Gasteiger partial charge on any atom is 0.406 e. The topological polar surface area (TPSA) is 68.2 Å². The number of amides is 1. The normalized spacial score (nSPS) is 11.2. The Kier molecular flexibility index (Phi) is 10.4. The summed E-state index contributed by atoms with van der Waals surface area (Å²) in [4.78, 5) is 10.8. The van der Waals surface area contributed by atoms with E-state index >= 15 is 0 Å². The van der Waals surface area contributed by atoms with Crippen LogP contribution in [0.15, 0.2) is 12.3 Å². The van der Waals surface area contributed by atoms with E-state index < -0.39 is 6.09 Å². The van der Waals surface area contributed by atoms with Gasteiger partial charge in [0.05, 0.1) is 12.8 Å². The number of ether oxygens (including phenoxy) is 1. The zero-order chi connectivity index (χ0) is 15.4. The number of nitrogens with one attached hydrogen (secondary N) is 2. The highest BCUT2D eigenvalue weighted by molar-refractivity contribution is 5.66. The molecule has 0 saturated carbocycles. The van der Waals surface area contributed by atoms with Crippen LogP contribution in [-0.2, 0) is 11.3 Å². The summed E-state index contributed by atoms with van der Waals surface area (Å²) in [6.45, 7) is 10.5. The van der Waals surface area contributed by atoms with Gasteiger partial charge in [-0.1, -0.05) is 20.3 Å². The van der Waals surface area contributed by atoms with Crippen molar-refractivity contribution in [3.63, 3.8) is 0 Å². The standard InChI is InChI=1S/C11H20N4O2.C3H8/c1-4-15-10(5-6-14-15)9(2)12-7-8-13-11(16)17-3;1-3-2/h5-6,9,12H,4,7-8H2,1-3H3,(H,13,16);3H2,1-2H3. The number of alkyl carbamates (subject to hydrolysis) is 1. The number of aromatic nitrogens is 2. The van der Waals surface area contributed by atoms with Crippen molar-refractivity contribution in [2.24, 2.45) is 0 Å². The van der Waals surface area contributed by atoms with Crippen molar-refractivity contribution < 1.29 is 9.53 Å². The monoisotopic (exact) mass is 284 g/mol. The molecule has 1 heterocycles. The van der Waals surface area contributed by atoms with Gasteiger partial charge in [-0.25, -0.2) is 4.79 Å². The van der Waals surface area contributed by atoms with E-state index in [0.29, 0.717) is 13.1 Å². The Morgan fingerprint density at radius 3 is 2.60 bits per heavy atom. The lowest BCUT2D eigenvalue weighted by Crippen LogP contribution is -2.33. The number of hydrogen-bond acceptors (Lipinski definition) is 4. The minimum absolute atomic E-state index is 0.205. The first kappa shape index (κ1) is 18.4. The van der Waals surface area contributed by atoms with Gasteiger partial charge in [-0.2, -0.15) is 5.10 Å².